The summed E-state index contributed by atoms with van der Waals surface area (Å²) in [6.45, 7) is 3.79. The lowest BCUT2D eigenvalue weighted by atomic mass is 10.4. The highest BCUT2D eigenvalue weighted by Crippen LogP contribution is 2.09. The van der Waals surface area contributed by atoms with Crippen LogP contribution in [0.3, 0.4) is 0 Å². The van der Waals surface area contributed by atoms with Crippen LogP contribution in [0.4, 0.5) is 5.82 Å². The number of aromatic nitrogens is 2. The van der Waals surface area contributed by atoms with E-state index in [2.05, 4.69) is 15.5 Å². The maximum absolute atomic E-state index is 11.4. The molecule has 1 N–H and O–H groups in total. The number of nitrogens with one attached hydrogen (secondary N) is 1. The van der Waals surface area contributed by atoms with Gasteiger partial charge in [0.15, 0.2) is 11.0 Å². The first-order chi connectivity index (χ1) is 7.67. The van der Waals surface area contributed by atoms with E-state index in [-0.39, 0.29) is 0 Å². The maximum atomic E-state index is 11.4. The molecular weight excluding hydrogens is 230 g/mol. The van der Waals surface area contributed by atoms with Gasteiger partial charge in [-0.3, -0.25) is 0 Å². The molecule has 1 aromatic heterocycles. The van der Waals surface area contributed by atoms with Crippen molar-refractivity contribution in [3.63, 3.8) is 0 Å². The zero-order valence-electron chi connectivity index (χ0n) is 9.03. The van der Waals surface area contributed by atoms with Crippen molar-refractivity contribution >= 4 is 23.4 Å². The Balaban J connectivity index is 2.71. The van der Waals surface area contributed by atoms with Gasteiger partial charge in [0.2, 0.25) is 0 Å². The maximum Gasteiger partial charge on any atom is 0.354 e. The average Bonchev–Trinajstić information content (AvgIpc) is 2.28. The summed E-state index contributed by atoms with van der Waals surface area (Å²) < 4.78 is 4.85. The summed E-state index contributed by atoms with van der Waals surface area (Å²) in [5.41, 5.74) is 0.318. The number of esters is 1. The van der Waals surface area contributed by atoms with Crippen LogP contribution in [0.25, 0.3) is 0 Å². The van der Waals surface area contributed by atoms with Crippen LogP contribution in [0.5, 0.6) is 0 Å². The first-order valence-corrected chi connectivity index (χ1v) is 5.14. The largest absolute Gasteiger partial charge is 0.461 e. The van der Waals surface area contributed by atoms with E-state index in [4.69, 9.17) is 16.3 Å². The molecule has 1 aromatic rings. The summed E-state index contributed by atoms with van der Waals surface area (Å²) in [6, 6.07) is 3.20. The molecule has 1 rings (SSSR count). The van der Waals surface area contributed by atoms with E-state index in [0.717, 1.165) is 0 Å². The van der Waals surface area contributed by atoms with E-state index in [1.54, 1.807) is 32.1 Å². The predicted molar refractivity (Wildman–Crippen MR) is 61.1 cm³/mol. The monoisotopic (exact) mass is 241 g/mol. The Kier molecular flexibility index (Phi) is 4.72. The third-order valence-electron chi connectivity index (χ3n) is 1.68. The van der Waals surface area contributed by atoms with Crippen molar-refractivity contribution < 1.29 is 9.53 Å². The molecule has 1 heterocycles. The summed E-state index contributed by atoms with van der Waals surface area (Å²) in [7, 11) is 0. The molecule has 0 spiro atoms. The second-order valence-corrected chi connectivity index (χ2v) is 3.18. The Bertz CT molecular complexity index is 390. The number of allylic oxidation sites excluding steroid dienone is 1. The van der Waals surface area contributed by atoms with Crippen LogP contribution in [-0.4, -0.2) is 22.8 Å². The van der Waals surface area contributed by atoms with Crippen LogP contribution in [-0.2, 0) is 9.53 Å². The van der Waals surface area contributed by atoms with Crippen molar-refractivity contribution in [2.45, 2.75) is 13.8 Å². The normalized spacial score (nSPS) is 11.1. The number of hydrogen-bond acceptors (Lipinski definition) is 5. The average molecular weight is 242 g/mol. The zero-order chi connectivity index (χ0) is 12.0. The highest BCUT2D eigenvalue weighted by atomic mass is 35.5. The Morgan fingerprint density at radius 1 is 1.56 bits per heavy atom. The molecule has 6 heteroatoms. The van der Waals surface area contributed by atoms with Crippen molar-refractivity contribution in [1.29, 1.82) is 0 Å². The fraction of sp³-hybridized carbons (Fsp3) is 0.300. The van der Waals surface area contributed by atoms with Gasteiger partial charge in [-0.2, -0.15) is 0 Å². The van der Waals surface area contributed by atoms with E-state index in [9.17, 15) is 4.79 Å². The van der Waals surface area contributed by atoms with Crippen LogP contribution in [0.1, 0.15) is 13.8 Å². The number of ether oxygens (including phenoxy) is 1. The number of anilines is 1. The fourth-order valence-electron chi connectivity index (χ4n) is 0.971. The van der Waals surface area contributed by atoms with Gasteiger partial charge in [-0.25, -0.2) is 4.79 Å². The quantitative estimate of drug-likeness (QED) is 0.645. The fourth-order valence-corrected chi connectivity index (χ4v) is 1.07. The Hall–Kier alpha value is -1.62. The standard InChI is InChI=1S/C10H12ClN3O2/c1-3-7(10(15)16-4-2)12-9-6-5-8(11)13-14-9/h3,5-6H,4H2,1-2H3,(H,12,14)/b7-3-. The van der Waals surface area contributed by atoms with Crippen LogP contribution in [0, 0.1) is 0 Å². The molecule has 0 aliphatic heterocycles. The molecule has 5 nitrogen and oxygen atoms in total. The Morgan fingerprint density at radius 3 is 2.81 bits per heavy atom. The van der Waals surface area contributed by atoms with Crippen molar-refractivity contribution in [3.8, 4) is 0 Å². The number of rotatable bonds is 4. The molecule has 0 aromatic carbocycles. The molecule has 0 atom stereocenters. The third kappa shape index (κ3) is 3.51. The van der Waals surface area contributed by atoms with Gasteiger partial charge in [-0.1, -0.05) is 17.7 Å². The molecule has 0 amide bonds. The minimum Gasteiger partial charge on any atom is -0.461 e. The predicted octanol–water partition coefficient (Wildman–Crippen LogP) is 2.01. The molecule has 0 unspecified atom stereocenters. The molecule has 0 saturated carbocycles. The molecule has 0 bridgehead atoms. The highest BCUT2D eigenvalue weighted by Gasteiger charge is 2.09. The third-order valence-corrected chi connectivity index (χ3v) is 1.88. The van der Waals surface area contributed by atoms with Gasteiger partial charge in [0, 0.05) is 0 Å². The number of hydrogen-bond donors (Lipinski definition) is 1. The molecule has 86 valence electrons. The van der Waals surface area contributed by atoms with Crippen LogP contribution in [0.2, 0.25) is 5.15 Å². The molecule has 0 fully saturated rings. The summed E-state index contributed by atoms with van der Waals surface area (Å²) in [6.07, 6.45) is 1.61. The lowest BCUT2D eigenvalue weighted by molar-refractivity contribution is -0.138. The van der Waals surface area contributed by atoms with E-state index >= 15 is 0 Å². The molecule has 16 heavy (non-hydrogen) atoms. The molecule has 0 aliphatic rings. The number of carbonyl (C=O) groups is 1. The van der Waals surface area contributed by atoms with Gasteiger partial charge in [-0.15, -0.1) is 10.2 Å². The molecular formula is C10H12ClN3O2. The second-order valence-electron chi connectivity index (χ2n) is 2.79. The summed E-state index contributed by atoms with van der Waals surface area (Å²) in [5.74, 6) is 0.00676. The summed E-state index contributed by atoms with van der Waals surface area (Å²) in [4.78, 5) is 11.4. The van der Waals surface area contributed by atoms with Crippen LogP contribution >= 0.6 is 11.6 Å². The topological polar surface area (TPSA) is 64.1 Å². The van der Waals surface area contributed by atoms with E-state index in [1.807, 2.05) is 0 Å². The van der Waals surface area contributed by atoms with E-state index in [0.29, 0.717) is 23.3 Å². The van der Waals surface area contributed by atoms with Gasteiger partial charge in [0.1, 0.15) is 5.70 Å². The van der Waals surface area contributed by atoms with Crippen molar-refractivity contribution in [3.05, 3.63) is 29.1 Å². The number of halogens is 1. The number of nitrogens with zero attached hydrogens (tertiary/aromatic N) is 2. The van der Waals surface area contributed by atoms with Crippen molar-refractivity contribution in [2.24, 2.45) is 0 Å². The second kappa shape index (κ2) is 6.07. The Labute approximate surface area is 98.5 Å². The van der Waals surface area contributed by atoms with Crippen molar-refractivity contribution in [1.82, 2.24) is 10.2 Å². The van der Waals surface area contributed by atoms with Gasteiger partial charge < -0.3 is 10.1 Å². The lowest BCUT2D eigenvalue weighted by Gasteiger charge is -2.07. The van der Waals surface area contributed by atoms with Crippen molar-refractivity contribution in [2.75, 3.05) is 11.9 Å². The van der Waals surface area contributed by atoms with Gasteiger partial charge in [-0.05, 0) is 26.0 Å². The smallest absolute Gasteiger partial charge is 0.354 e. The van der Waals surface area contributed by atoms with Gasteiger partial charge in [0.05, 0.1) is 6.61 Å². The minimum atomic E-state index is -0.429. The highest BCUT2D eigenvalue weighted by molar-refractivity contribution is 6.29. The summed E-state index contributed by atoms with van der Waals surface area (Å²) >= 11 is 5.59. The number of carbonyl (C=O) groups excluding carboxylic acids is 1. The molecule has 0 saturated heterocycles. The van der Waals surface area contributed by atoms with Crippen LogP contribution in [0.15, 0.2) is 23.9 Å². The lowest BCUT2D eigenvalue weighted by Crippen LogP contribution is -2.15. The Morgan fingerprint density at radius 2 is 2.31 bits per heavy atom. The van der Waals surface area contributed by atoms with E-state index < -0.39 is 5.97 Å². The van der Waals surface area contributed by atoms with Gasteiger partial charge >= 0.3 is 5.97 Å². The molecule has 0 aliphatic carbocycles. The first-order valence-electron chi connectivity index (χ1n) is 4.77. The van der Waals surface area contributed by atoms with E-state index in [1.165, 1.54) is 0 Å². The zero-order valence-corrected chi connectivity index (χ0v) is 9.78. The summed E-state index contributed by atoms with van der Waals surface area (Å²) in [5, 5.41) is 10.5. The van der Waals surface area contributed by atoms with Gasteiger partial charge in [0.25, 0.3) is 0 Å². The van der Waals surface area contributed by atoms with Crippen LogP contribution < -0.4 is 5.32 Å². The SMILES string of the molecule is C/C=C(\Nc1ccc(Cl)nn1)C(=O)OCC. The first kappa shape index (κ1) is 12.4. The molecule has 0 radical (unpaired) electrons. The minimum absolute atomic E-state index is 0.295.